The van der Waals surface area contributed by atoms with Gasteiger partial charge in [0.1, 0.15) is 0 Å². The monoisotopic (exact) mass is 674 g/mol. The number of fused-ring (bicyclic) bond motifs is 1. The maximum absolute atomic E-state index is 13.2. The van der Waals surface area contributed by atoms with Gasteiger partial charge >= 0.3 is 5.97 Å². The zero-order valence-electron chi connectivity index (χ0n) is 27.7. The second-order valence-electron chi connectivity index (χ2n) is 12.3. The van der Waals surface area contributed by atoms with Crippen molar-refractivity contribution in [3.63, 3.8) is 0 Å². The quantitative estimate of drug-likeness (QED) is 0.0928. The molecule has 1 saturated carbocycles. The van der Waals surface area contributed by atoms with Crippen LogP contribution in [0.3, 0.4) is 0 Å². The van der Waals surface area contributed by atoms with Crippen molar-refractivity contribution in [2.75, 3.05) is 31.0 Å². The number of anilines is 4. The van der Waals surface area contributed by atoms with E-state index in [0.717, 1.165) is 68.6 Å². The third kappa shape index (κ3) is 7.16. The summed E-state index contributed by atoms with van der Waals surface area (Å²) in [5, 5.41) is 21.7. The summed E-state index contributed by atoms with van der Waals surface area (Å²) in [7, 11) is 1.77. The normalized spacial score (nSPS) is 14.4. The predicted molar refractivity (Wildman–Crippen MR) is 188 cm³/mol. The van der Waals surface area contributed by atoms with Crippen molar-refractivity contribution in [2.24, 2.45) is 5.41 Å². The molecule has 0 aliphatic heterocycles. The van der Waals surface area contributed by atoms with Gasteiger partial charge in [-0.05, 0) is 70.9 Å². The van der Waals surface area contributed by atoms with Crippen LogP contribution in [0.5, 0.6) is 0 Å². The third-order valence-electron chi connectivity index (χ3n) is 9.17. The summed E-state index contributed by atoms with van der Waals surface area (Å²) >= 11 is 2.96. The number of carbonyl (C=O) groups is 1. The number of ether oxygens (including phenoxy) is 2. The van der Waals surface area contributed by atoms with Crippen LogP contribution in [-0.2, 0) is 16.0 Å². The van der Waals surface area contributed by atoms with Crippen molar-refractivity contribution in [1.29, 1.82) is 0 Å². The summed E-state index contributed by atoms with van der Waals surface area (Å²) in [6, 6.07) is 8.02. The number of methoxy groups -OCH3 is 1. The Bertz CT molecular complexity index is 1820. The van der Waals surface area contributed by atoms with E-state index in [2.05, 4.69) is 37.4 Å². The number of carbonyl (C=O) groups excluding carboxylic acids is 1. The largest absolute Gasteiger partial charge is 0.461 e. The van der Waals surface area contributed by atoms with Gasteiger partial charge in [-0.15, -0.1) is 10.2 Å². The minimum absolute atomic E-state index is 0.206. The molecule has 0 saturated heterocycles. The van der Waals surface area contributed by atoms with Gasteiger partial charge in [-0.1, -0.05) is 54.1 Å². The zero-order chi connectivity index (χ0) is 33.0. The fourth-order valence-electron chi connectivity index (χ4n) is 6.39. The lowest BCUT2D eigenvalue weighted by molar-refractivity contribution is 0.0521. The Morgan fingerprint density at radius 1 is 0.979 bits per heavy atom. The third-order valence-corrected chi connectivity index (χ3v) is 11.1. The van der Waals surface area contributed by atoms with Crippen LogP contribution in [0.15, 0.2) is 30.5 Å². The van der Waals surface area contributed by atoms with E-state index in [4.69, 9.17) is 19.6 Å². The smallest absolute Gasteiger partial charge is 0.358 e. The van der Waals surface area contributed by atoms with Crippen molar-refractivity contribution in [3.05, 3.63) is 53.0 Å². The number of aromatic nitrogens is 6. The van der Waals surface area contributed by atoms with Crippen LogP contribution in [0.25, 0.3) is 20.7 Å². The minimum Gasteiger partial charge on any atom is -0.461 e. The lowest BCUT2D eigenvalue weighted by Crippen LogP contribution is -2.31. The molecule has 1 aliphatic rings. The average Bonchev–Trinajstić information content (AvgIpc) is 3.78. The maximum Gasteiger partial charge on any atom is 0.358 e. The van der Waals surface area contributed by atoms with Gasteiger partial charge in [0, 0.05) is 42.6 Å². The molecule has 2 N–H and O–H groups in total. The van der Waals surface area contributed by atoms with Gasteiger partial charge in [-0.2, -0.15) is 5.10 Å². The molecule has 1 aromatic carbocycles. The maximum atomic E-state index is 13.2. The standard InChI is InChI=1S/C34H42N8O3S2/c1-6-45-31(43)27-28(24-19-35-42(23(24)4)20-34(17-12-18-44-5)15-10-7-11-16-34)47-33(37-27)39-30-22(3)21(2)29(40-41-30)38-32-36-25-13-8-9-14-26(25)46-32/h8-9,13-14,19H,6-7,10-12,15-18,20H2,1-5H3,(H,36,38,40)(H,37,39,41). The molecule has 6 rings (SSSR count). The number of para-hydroxylation sites is 1. The second-order valence-corrected chi connectivity index (χ2v) is 14.3. The molecule has 1 fully saturated rings. The van der Waals surface area contributed by atoms with Crippen molar-refractivity contribution >= 4 is 60.8 Å². The summed E-state index contributed by atoms with van der Waals surface area (Å²) in [6.07, 6.45) is 10.2. The fraction of sp³-hybridized carbons (Fsp3) is 0.471. The topological polar surface area (TPSA) is 129 Å². The van der Waals surface area contributed by atoms with Crippen molar-refractivity contribution in [1.82, 2.24) is 29.9 Å². The molecule has 11 nitrogen and oxygen atoms in total. The molecule has 0 spiro atoms. The highest BCUT2D eigenvalue weighted by Gasteiger charge is 2.33. The Labute approximate surface area is 283 Å². The minimum atomic E-state index is -0.461. The number of rotatable bonds is 13. The summed E-state index contributed by atoms with van der Waals surface area (Å²) < 4.78 is 14.0. The average molecular weight is 675 g/mol. The van der Waals surface area contributed by atoms with E-state index < -0.39 is 5.97 Å². The number of thiazole rings is 2. The lowest BCUT2D eigenvalue weighted by atomic mass is 9.71. The summed E-state index contributed by atoms with van der Waals surface area (Å²) in [4.78, 5) is 23.2. The van der Waals surface area contributed by atoms with Crippen LogP contribution in [0.1, 0.15) is 79.2 Å². The van der Waals surface area contributed by atoms with Crippen molar-refractivity contribution < 1.29 is 14.3 Å². The molecule has 1 aliphatic carbocycles. The van der Waals surface area contributed by atoms with Crippen LogP contribution >= 0.6 is 22.7 Å². The van der Waals surface area contributed by atoms with Crippen LogP contribution in [-0.4, -0.2) is 56.2 Å². The molecule has 13 heteroatoms. The van der Waals surface area contributed by atoms with E-state index in [0.29, 0.717) is 16.8 Å². The SMILES string of the molecule is CCOC(=O)c1nc(Nc2nnc(Nc3nc4ccccc4s3)c(C)c2C)sc1-c1cnn(CC2(CCCOC)CCCCC2)c1C. The number of esters is 1. The van der Waals surface area contributed by atoms with Gasteiger partial charge < -0.3 is 20.1 Å². The zero-order valence-corrected chi connectivity index (χ0v) is 29.3. The van der Waals surface area contributed by atoms with E-state index in [-0.39, 0.29) is 17.7 Å². The molecule has 0 unspecified atom stereocenters. The number of benzene rings is 1. The molecule has 4 aromatic heterocycles. The Morgan fingerprint density at radius 2 is 1.68 bits per heavy atom. The fourth-order valence-corrected chi connectivity index (χ4v) is 8.27. The molecule has 5 aromatic rings. The second kappa shape index (κ2) is 14.4. The summed E-state index contributed by atoms with van der Waals surface area (Å²) in [6.45, 7) is 9.74. The molecule has 248 valence electrons. The summed E-state index contributed by atoms with van der Waals surface area (Å²) in [5.41, 5.74) is 5.16. The Hall–Kier alpha value is -3.94. The molecule has 0 atom stereocenters. The molecule has 0 amide bonds. The number of hydrogen-bond acceptors (Lipinski definition) is 12. The first-order chi connectivity index (χ1) is 22.8. The first-order valence-corrected chi connectivity index (χ1v) is 17.9. The Balaban J connectivity index is 1.26. The molecular formula is C34H42N8O3S2. The number of nitrogens with one attached hydrogen (secondary N) is 2. The van der Waals surface area contributed by atoms with Crippen LogP contribution in [0.2, 0.25) is 0 Å². The van der Waals surface area contributed by atoms with Crippen LogP contribution in [0, 0.1) is 26.2 Å². The Kier molecular flexibility index (Phi) is 10.1. The van der Waals surface area contributed by atoms with Gasteiger partial charge in [0.15, 0.2) is 27.6 Å². The predicted octanol–water partition coefficient (Wildman–Crippen LogP) is 8.37. The van der Waals surface area contributed by atoms with Crippen LogP contribution < -0.4 is 10.6 Å². The number of nitrogens with zero attached hydrogens (tertiary/aromatic N) is 6. The van der Waals surface area contributed by atoms with Gasteiger partial charge in [-0.3, -0.25) is 4.68 Å². The van der Waals surface area contributed by atoms with Crippen molar-refractivity contribution in [3.8, 4) is 10.4 Å². The number of hydrogen-bond donors (Lipinski definition) is 2. The first-order valence-electron chi connectivity index (χ1n) is 16.2. The molecular weight excluding hydrogens is 633 g/mol. The first kappa shape index (κ1) is 33.0. The lowest BCUT2D eigenvalue weighted by Gasteiger charge is -2.37. The molecule has 0 radical (unpaired) electrons. The molecule has 4 heterocycles. The summed E-state index contributed by atoms with van der Waals surface area (Å²) in [5.74, 6) is 0.743. The Morgan fingerprint density at radius 3 is 2.36 bits per heavy atom. The van der Waals surface area contributed by atoms with Gasteiger partial charge in [0.25, 0.3) is 0 Å². The molecule has 0 bridgehead atoms. The highest BCUT2D eigenvalue weighted by molar-refractivity contribution is 7.22. The van der Waals surface area contributed by atoms with E-state index in [1.807, 2.05) is 44.3 Å². The van der Waals surface area contributed by atoms with Gasteiger partial charge in [0.2, 0.25) is 0 Å². The highest BCUT2D eigenvalue weighted by atomic mass is 32.1. The van der Waals surface area contributed by atoms with E-state index in [1.54, 1.807) is 25.4 Å². The molecule has 47 heavy (non-hydrogen) atoms. The van der Waals surface area contributed by atoms with Crippen molar-refractivity contribution in [2.45, 2.75) is 79.2 Å². The van der Waals surface area contributed by atoms with Gasteiger partial charge in [0.05, 0.1) is 27.9 Å². The van der Waals surface area contributed by atoms with Crippen LogP contribution in [0.4, 0.5) is 21.9 Å². The highest BCUT2D eigenvalue weighted by Crippen LogP contribution is 2.43. The van der Waals surface area contributed by atoms with E-state index in [1.165, 1.54) is 43.4 Å². The van der Waals surface area contributed by atoms with E-state index in [9.17, 15) is 4.79 Å². The van der Waals surface area contributed by atoms with Gasteiger partial charge in [-0.25, -0.2) is 14.8 Å². The van der Waals surface area contributed by atoms with E-state index >= 15 is 0 Å².